The number of nitrogens with two attached hydrogens (primary N) is 2. The molecule has 3 heteroatoms. The summed E-state index contributed by atoms with van der Waals surface area (Å²) in [6, 6.07) is 32.5. The summed E-state index contributed by atoms with van der Waals surface area (Å²) in [6.45, 7) is 0. The maximum atomic E-state index is 5.65. The molecule has 0 heterocycles. The van der Waals surface area contributed by atoms with Crippen molar-refractivity contribution in [2.45, 2.75) is 0 Å². The number of rotatable bonds is 1. The largest absolute Gasteiger partial charge is 0.370 e. The molecule has 142 valence electrons. The summed E-state index contributed by atoms with van der Waals surface area (Å²) in [6.07, 6.45) is 0. The van der Waals surface area contributed by atoms with Crippen molar-refractivity contribution in [1.82, 2.24) is 0 Å². The fourth-order valence-electron chi connectivity index (χ4n) is 4.49. The number of fused-ring (bicyclic) bond motifs is 6. The Balaban J connectivity index is 1.73. The van der Waals surface area contributed by atoms with Gasteiger partial charge in [-0.25, -0.2) is 4.99 Å². The molecule has 0 aromatic heterocycles. The van der Waals surface area contributed by atoms with Crippen molar-refractivity contribution in [3.05, 3.63) is 91.0 Å². The number of aliphatic imine (C=N–C) groups is 1. The lowest BCUT2D eigenvalue weighted by Gasteiger charge is -2.10. The monoisotopic (exact) mass is 385 g/mol. The topological polar surface area (TPSA) is 64.4 Å². The third kappa shape index (κ3) is 2.56. The van der Waals surface area contributed by atoms with Gasteiger partial charge in [0.25, 0.3) is 0 Å². The van der Waals surface area contributed by atoms with Crippen LogP contribution >= 0.6 is 0 Å². The van der Waals surface area contributed by atoms with E-state index in [4.69, 9.17) is 11.5 Å². The molecule has 0 aliphatic rings. The van der Waals surface area contributed by atoms with Crippen molar-refractivity contribution in [2.24, 2.45) is 16.5 Å². The summed E-state index contributed by atoms with van der Waals surface area (Å²) >= 11 is 0. The molecule has 3 nitrogen and oxygen atoms in total. The normalized spacial score (nSPS) is 11.6. The first-order chi connectivity index (χ1) is 14.7. The molecule has 6 aromatic rings. The average molecular weight is 385 g/mol. The van der Waals surface area contributed by atoms with Crippen molar-refractivity contribution < 1.29 is 0 Å². The molecule has 0 aliphatic heterocycles. The molecule has 0 saturated heterocycles. The number of hydrogen-bond acceptors (Lipinski definition) is 1. The molecule has 0 spiro atoms. The van der Waals surface area contributed by atoms with Gasteiger partial charge in [-0.3, -0.25) is 0 Å². The van der Waals surface area contributed by atoms with Gasteiger partial charge in [0.15, 0.2) is 5.96 Å². The Labute approximate surface area is 173 Å². The minimum absolute atomic E-state index is 0.0680. The van der Waals surface area contributed by atoms with Gasteiger partial charge in [-0.05, 0) is 90.9 Å². The van der Waals surface area contributed by atoms with E-state index in [1.807, 2.05) is 12.1 Å². The van der Waals surface area contributed by atoms with Crippen LogP contribution in [0.1, 0.15) is 0 Å². The first-order valence-corrected chi connectivity index (χ1v) is 9.97. The first-order valence-electron chi connectivity index (χ1n) is 9.97. The van der Waals surface area contributed by atoms with Crippen molar-refractivity contribution >= 4 is 65.5 Å². The fraction of sp³-hybridized carbons (Fsp3) is 0. The quantitative estimate of drug-likeness (QED) is 0.150. The highest BCUT2D eigenvalue weighted by Crippen LogP contribution is 2.36. The average Bonchev–Trinajstić information content (AvgIpc) is 2.75. The Bertz CT molecular complexity index is 1660. The molecule has 0 saturated carbocycles. The maximum Gasteiger partial charge on any atom is 0.191 e. The molecule has 0 aliphatic carbocycles. The van der Waals surface area contributed by atoms with E-state index < -0.39 is 0 Å². The third-order valence-electron chi connectivity index (χ3n) is 5.88. The van der Waals surface area contributed by atoms with Crippen LogP contribution in [0.4, 0.5) is 5.69 Å². The zero-order chi connectivity index (χ0) is 20.2. The lowest BCUT2D eigenvalue weighted by molar-refractivity contribution is 1.44. The maximum absolute atomic E-state index is 5.65. The zero-order valence-electron chi connectivity index (χ0n) is 16.3. The Morgan fingerprint density at radius 1 is 0.467 bits per heavy atom. The van der Waals surface area contributed by atoms with Crippen molar-refractivity contribution in [1.29, 1.82) is 0 Å². The lowest BCUT2D eigenvalue weighted by atomic mass is 9.94. The van der Waals surface area contributed by atoms with Crippen LogP contribution in [0.15, 0.2) is 96.0 Å². The molecule has 0 amide bonds. The molecule has 0 bridgehead atoms. The number of nitrogens with zero attached hydrogens (tertiary/aromatic N) is 1. The highest BCUT2D eigenvalue weighted by Gasteiger charge is 2.08. The van der Waals surface area contributed by atoms with E-state index in [1.54, 1.807) is 0 Å². The van der Waals surface area contributed by atoms with Gasteiger partial charge in [-0.1, -0.05) is 48.5 Å². The van der Waals surface area contributed by atoms with Gasteiger partial charge >= 0.3 is 0 Å². The molecule has 6 aromatic carbocycles. The summed E-state index contributed by atoms with van der Waals surface area (Å²) in [7, 11) is 0. The van der Waals surface area contributed by atoms with Crippen LogP contribution in [0, 0.1) is 0 Å². The second kappa shape index (κ2) is 6.19. The van der Waals surface area contributed by atoms with Crippen LogP contribution < -0.4 is 11.5 Å². The van der Waals surface area contributed by atoms with Gasteiger partial charge in [0.05, 0.1) is 5.69 Å². The fourth-order valence-corrected chi connectivity index (χ4v) is 4.49. The highest BCUT2D eigenvalue weighted by molar-refractivity contribution is 6.17. The van der Waals surface area contributed by atoms with Gasteiger partial charge in [0.2, 0.25) is 0 Å². The summed E-state index contributed by atoms with van der Waals surface area (Å²) in [4.78, 5) is 4.33. The van der Waals surface area contributed by atoms with E-state index in [-0.39, 0.29) is 5.96 Å². The second-order valence-electron chi connectivity index (χ2n) is 7.79. The molecule has 30 heavy (non-hydrogen) atoms. The Kier molecular flexibility index (Phi) is 3.47. The molecule has 0 unspecified atom stereocenters. The number of benzene rings is 6. The molecule has 4 N–H and O–H groups in total. The Morgan fingerprint density at radius 3 is 1.70 bits per heavy atom. The molecule has 0 fully saturated rings. The van der Waals surface area contributed by atoms with Crippen molar-refractivity contribution in [2.75, 3.05) is 0 Å². The Hall–Kier alpha value is -4.11. The van der Waals surface area contributed by atoms with E-state index in [2.05, 4.69) is 83.9 Å². The van der Waals surface area contributed by atoms with Crippen LogP contribution in [0.2, 0.25) is 0 Å². The van der Waals surface area contributed by atoms with E-state index in [0.717, 1.165) is 16.5 Å². The smallest absolute Gasteiger partial charge is 0.191 e. The van der Waals surface area contributed by atoms with Crippen molar-refractivity contribution in [3.63, 3.8) is 0 Å². The highest BCUT2D eigenvalue weighted by atomic mass is 15.0. The van der Waals surface area contributed by atoms with E-state index >= 15 is 0 Å². The van der Waals surface area contributed by atoms with Crippen LogP contribution in [-0.4, -0.2) is 5.96 Å². The van der Waals surface area contributed by atoms with Gasteiger partial charge in [-0.15, -0.1) is 0 Å². The van der Waals surface area contributed by atoms with Gasteiger partial charge in [-0.2, -0.15) is 0 Å². The zero-order valence-corrected chi connectivity index (χ0v) is 16.3. The summed E-state index contributed by atoms with van der Waals surface area (Å²) in [5.74, 6) is 0.0680. The SMILES string of the molecule is NC(N)=Nc1cccc2cc3ccc4cc5cc6ccccc6cc5cc4c3cc12. The van der Waals surface area contributed by atoms with Gasteiger partial charge in [0.1, 0.15) is 0 Å². The van der Waals surface area contributed by atoms with Gasteiger partial charge < -0.3 is 11.5 Å². The summed E-state index contributed by atoms with van der Waals surface area (Å²) in [5.41, 5.74) is 12.1. The summed E-state index contributed by atoms with van der Waals surface area (Å²) < 4.78 is 0. The number of guanidine groups is 1. The lowest BCUT2D eigenvalue weighted by Crippen LogP contribution is -2.21. The number of hydrogen-bond donors (Lipinski definition) is 2. The predicted molar refractivity (Wildman–Crippen MR) is 129 cm³/mol. The molecule has 0 atom stereocenters. The van der Waals surface area contributed by atoms with Crippen LogP contribution in [0.25, 0.3) is 53.9 Å². The predicted octanol–water partition coefficient (Wildman–Crippen LogP) is 6.36. The third-order valence-corrected chi connectivity index (χ3v) is 5.88. The molecular weight excluding hydrogens is 366 g/mol. The molecule has 0 radical (unpaired) electrons. The summed E-state index contributed by atoms with van der Waals surface area (Å²) in [5, 5.41) is 12.0. The molecule has 6 rings (SSSR count). The van der Waals surface area contributed by atoms with Crippen LogP contribution in [-0.2, 0) is 0 Å². The van der Waals surface area contributed by atoms with E-state index in [1.165, 1.54) is 43.1 Å². The van der Waals surface area contributed by atoms with E-state index in [0.29, 0.717) is 0 Å². The van der Waals surface area contributed by atoms with Crippen LogP contribution in [0.3, 0.4) is 0 Å². The standard InChI is InChI=1S/C27H19N3/c28-27(29)30-26-7-3-6-18-12-19-8-9-20-13-21-10-16-4-1-2-5-17(16)11-22(21)14-23(20)24(19)15-25(18)26/h1-15H,(H4,28,29,30). The second-order valence-corrected chi connectivity index (χ2v) is 7.79. The van der Waals surface area contributed by atoms with Crippen LogP contribution in [0.5, 0.6) is 0 Å². The minimum atomic E-state index is 0.0680. The van der Waals surface area contributed by atoms with E-state index in [9.17, 15) is 0 Å². The first kappa shape index (κ1) is 16.8. The van der Waals surface area contributed by atoms with Gasteiger partial charge in [0, 0.05) is 5.39 Å². The Morgan fingerprint density at radius 2 is 1.00 bits per heavy atom. The minimum Gasteiger partial charge on any atom is -0.370 e. The molecular formula is C27H19N3. The van der Waals surface area contributed by atoms with Crippen molar-refractivity contribution in [3.8, 4) is 0 Å².